The first-order chi connectivity index (χ1) is 9.19. The molecule has 0 fully saturated rings. The van der Waals surface area contributed by atoms with Crippen LogP contribution in [-0.4, -0.2) is 17.0 Å². The molecule has 0 spiro atoms. The molecular weight excluding hydrogens is 254 g/mol. The molecule has 0 saturated heterocycles. The van der Waals surface area contributed by atoms with Crippen LogP contribution in [0.5, 0.6) is 0 Å². The number of amides is 1. The lowest BCUT2D eigenvalue weighted by Gasteiger charge is -2.21. The number of aliphatic carboxylic acids is 1. The van der Waals surface area contributed by atoms with Crippen LogP contribution >= 0.6 is 0 Å². The standard InChI is InChI=1S/C16H23NO3/c1-11(2)12-6-5-7-13(8-12)17-14(18)9-16(3,4)10-15(19)20/h5-8,11H,9-10H2,1-4H3,(H,17,18)(H,19,20). The molecule has 0 aromatic heterocycles. The number of carbonyl (C=O) groups excluding carboxylic acids is 1. The zero-order valence-corrected chi connectivity index (χ0v) is 12.6. The van der Waals surface area contributed by atoms with E-state index in [1.807, 2.05) is 24.3 Å². The first-order valence-corrected chi connectivity index (χ1v) is 6.81. The van der Waals surface area contributed by atoms with Crippen molar-refractivity contribution in [2.45, 2.75) is 46.5 Å². The summed E-state index contributed by atoms with van der Waals surface area (Å²) in [4.78, 5) is 22.7. The van der Waals surface area contributed by atoms with Crippen LogP contribution < -0.4 is 5.32 Å². The smallest absolute Gasteiger partial charge is 0.303 e. The molecule has 0 bridgehead atoms. The summed E-state index contributed by atoms with van der Waals surface area (Å²) in [6.07, 6.45) is 0.164. The van der Waals surface area contributed by atoms with Gasteiger partial charge < -0.3 is 10.4 Å². The Morgan fingerprint density at radius 3 is 2.45 bits per heavy atom. The molecule has 0 heterocycles. The summed E-state index contributed by atoms with van der Waals surface area (Å²) >= 11 is 0. The van der Waals surface area contributed by atoms with Crippen LogP contribution in [0.2, 0.25) is 0 Å². The Morgan fingerprint density at radius 2 is 1.90 bits per heavy atom. The molecule has 0 saturated carbocycles. The monoisotopic (exact) mass is 277 g/mol. The zero-order valence-electron chi connectivity index (χ0n) is 12.6. The lowest BCUT2D eigenvalue weighted by molar-refractivity contribution is -0.139. The Labute approximate surface area is 120 Å². The molecule has 0 unspecified atom stereocenters. The van der Waals surface area contributed by atoms with Crippen LogP contribution in [0.4, 0.5) is 5.69 Å². The summed E-state index contributed by atoms with van der Waals surface area (Å²) in [5.74, 6) is -0.642. The molecule has 0 aliphatic heterocycles. The van der Waals surface area contributed by atoms with Gasteiger partial charge in [-0.3, -0.25) is 9.59 Å². The highest BCUT2D eigenvalue weighted by molar-refractivity contribution is 5.91. The van der Waals surface area contributed by atoms with Crippen molar-refractivity contribution in [3.63, 3.8) is 0 Å². The van der Waals surface area contributed by atoms with Crippen LogP contribution in [0, 0.1) is 5.41 Å². The van der Waals surface area contributed by atoms with E-state index in [9.17, 15) is 9.59 Å². The van der Waals surface area contributed by atoms with Crippen LogP contribution in [0.3, 0.4) is 0 Å². The number of hydrogen-bond donors (Lipinski definition) is 2. The minimum Gasteiger partial charge on any atom is -0.481 e. The van der Waals surface area contributed by atoms with Gasteiger partial charge in [-0.25, -0.2) is 0 Å². The Kier molecular flexibility index (Phi) is 5.31. The highest BCUT2D eigenvalue weighted by Gasteiger charge is 2.25. The number of hydrogen-bond acceptors (Lipinski definition) is 2. The van der Waals surface area contributed by atoms with Crippen molar-refractivity contribution in [2.24, 2.45) is 5.41 Å². The maximum atomic E-state index is 12.0. The van der Waals surface area contributed by atoms with Crippen molar-refractivity contribution in [1.29, 1.82) is 0 Å². The van der Waals surface area contributed by atoms with E-state index in [0.29, 0.717) is 5.92 Å². The normalized spacial score (nSPS) is 11.4. The summed E-state index contributed by atoms with van der Waals surface area (Å²) in [6.45, 7) is 7.75. The molecule has 0 radical (unpaired) electrons. The molecule has 1 amide bonds. The molecule has 1 aromatic carbocycles. The first-order valence-electron chi connectivity index (χ1n) is 6.81. The molecule has 0 aliphatic rings. The Morgan fingerprint density at radius 1 is 1.25 bits per heavy atom. The Balaban J connectivity index is 2.67. The second kappa shape index (κ2) is 6.55. The van der Waals surface area contributed by atoms with E-state index >= 15 is 0 Å². The first kappa shape index (κ1) is 16.2. The van der Waals surface area contributed by atoms with E-state index in [-0.39, 0.29) is 18.7 Å². The predicted octanol–water partition coefficient (Wildman–Crippen LogP) is 3.64. The number of benzene rings is 1. The van der Waals surface area contributed by atoms with Gasteiger partial charge in [0.2, 0.25) is 5.91 Å². The number of anilines is 1. The number of carboxylic acids is 1. The van der Waals surface area contributed by atoms with Gasteiger partial charge in [0.05, 0.1) is 6.42 Å². The lowest BCUT2D eigenvalue weighted by Crippen LogP contribution is -2.24. The van der Waals surface area contributed by atoms with Gasteiger partial charge in [-0.15, -0.1) is 0 Å². The SMILES string of the molecule is CC(C)c1cccc(NC(=O)CC(C)(C)CC(=O)O)c1. The summed E-state index contributed by atoms with van der Waals surface area (Å²) in [5.41, 5.74) is 1.37. The molecule has 110 valence electrons. The van der Waals surface area contributed by atoms with E-state index < -0.39 is 11.4 Å². The van der Waals surface area contributed by atoms with Crippen LogP contribution in [-0.2, 0) is 9.59 Å². The third-order valence-corrected chi connectivity index (χ3v) is 3.11. The highest BCUT2D eigenvalue weighted by Crippen LogP contribution is 2.26. The highest BCUT2D eigenvalue weighted by atomic mass is 16.4. The molecule has 1 aromatic rings. The molecule has 4 heteroatoms. The van der Waals surface area contributed by atoms with Crippen molar-refractivity contribution in [3.8, 4) is 0 Å². The molecular formula is C16H23NO3. The molecule has 0 aliphatic carbocycles. The van der Waals surface area contributed by atoms with Gasteiger partial charge >= 0.3 is 5.97 Å². The van der Waals surface area contributed by atoms with Crippen molar-refractivity contribution in [3.05, 3.63) is 29.8 Å². The maximum absolute atomic E-state index is 12.0. The van der Waals surface area contributed by atoms with Crippen molar-refractivity contribution in [2.75, 3.05) is 5.32 Å². The van der Waals surface area contributed by atoms with E-state index in [4.69, 9.17) is 5.11 Å². The molecule has 0 atom stereocenters. The molecule has 2 N–H and O–H groups in total. The van der Waals surface area contributed by atoms with E-state index in [2.05, 4.69) is 19.2 Å². The number of nitrogens with one attached hydrogen (secondary N) is 1. The number of carboxylic acid groups (broad SMARTS) is 1. The second-order valence-corrected chi connectivity index (χ2v) is 6.24. The van der Waals surface area contributed by atoms with Gasteiger partial charge in [0.25, 0.3) is 0 Å². The fourth-order valence-electron chi connectivity index (χ4n) is 2.09. The van der Waals surface area contributed by atoms with Crippen molar-refractivity contribution < 1.29 is 14.7 Å². The quantitative estimate of drug-likeness (QED) is 0.834. The number of carbonyl (C=O) groups is 2. The van der Waals surface area contributed by atoms with Gasteiger partial charge in [0, 0.05) is 12.1 Å². The van der Waals surface area contributed by atoms with Crippen LogP contribution in [0.25, 0.3) is 0 Å². The Bertz CT molecular complexity index is 492. The topological polar surface area (TPSA) is 66.4 Å². The minimum absolute atomic E-state index is 0.0214. The van der Waals surface area contributed by atoms with Gasteiger partial charge in [0.1, 0.15) is 0 Å². The van der Waals surface area contributed by atoms with E-state index in [0.717, 1.165) is 11.3 Å². The molecule has 20 heavy (non-hydrogen) atoms. The summed E-state index contributed by atoms with van der Waals surface area (Å²) in [6, 6.07) is 7.72. The third kappa shape index (κ3) is 5.43. The number of rotatable bonds is 6. The van der Waals surface area contributed by atoms with E-state index in [1.165, 1.54) is 0 Å². The van der Waals surface area contributed by atoms with Crippen molar-refractivity contribution >= 4 is 17.6 Å². The lowest BCUT2D eigenvalue weighted by atomic mass is 9.85. The van der Waals surface area contributed by atoms with Crippen LogP contribution in [0.15, 0.2) is 24.3 Å². The van der Waals surface area contributed by atoms with Crippen molar-refractivity contribution in [1.82, 2.24) is 0 Å². The second-order valence-electron chi connectivity index (χ2n) is 6.24. The maximum Gasteiger partial charge on any atom is 0.303 e. The predicted molar refractivity (Wildman–Crippen MR) is 79.8 cm³/mol. The summed E-state index contributed by atoms with van der Waals surface area (Å²) in [5, 5.41) is 11.7. The summed E-state index contributed by atoms with van der Waals surface area (Å²) < 4.78 is 0. The van der Waals surface area contributed by atoms with Gasteiger partial charge in [-0.2, -0.15) is 0 Å². The van der Waals surface area contributed by atoms with Gasteiger partial charge in [-0.05, 0) is 29.0 Å². The third-order valence-electron chi connectivity index (χ3n) is 3.11. The molecule has 4 nitrogen and oxygen atoms in total. The average Bonchev–Trinajstić information content (AvgIpc) is 2.25. The Hall–Kier alpha value is -1.84. The minimum atomic E-state index is -0.885. The fourth-order valence-corrected chi connectivity index (χ4v) is 2.09. The van der Waals surface area contributed by atoms with Crippen LogP contribution in [0.1, 0.15) is 52.0 Å². The van der Waals surface area contributed by atoms with Gasteiger partial charge in [0.15, 0.2) is 0 Å². The van der Waals surface area contributed by atoms with E-state index in [1.54, 1.807) is 13.8 Å². The fraction of sp³-hybridized carbons (Fsp3) is 0.500. The zero-order chi connectivity index (χ0) is 15.3. The largest absolute Gasteiger partial charge is 0.481 e. The average molecular weight is 277 g/mol. The summed E-state index contributed by atoms with van der Waals surface area (Å²) in [7, 11) is 0. The van der Waals surface area contributed by atoms with Gasteiger partial charge in [-0.1, -0.05) is 39.8 Å². The molecule has 1 rings (SSSR count).